The maximum Gasteiger partial charge on any atom is 0.234 e. The Bertz CT molecular complexity index is 630. The van der Waals surface area contributed by atoms with E-state index in [1.807, 2.05) is 42.5 Å². The van der Waals surface area contributed by atoms with E-state index in [0.717, 1.165) is 11.1 Å². The van der Waals surface area contributed by atoms with Gasteiger partial charge in [-0.1, -0.05) is 54.1 Å². The van der Waals surface area contributed by atoms with Crippen LogP contribution in [0.15, 0.2) is 54.6 Å². The molecule has 116 valence electrons. The summed E-state index contributed by atoms with van der Waals surface area (Å²) in [5.74, 6) is -1.07. The smallest absolute Gasteiger partial charge is 0.234 e. The van der Waals surface area contributed by atoms with Crippen molar-refractivity contribution < 1.29 is 4.79 Å². The predicted molar refractivity (Wildman–Crippen MR) is 91.6 cm³/mol. The van der Waals surface area contributed by atoms with Crippen LogP contribution in [-0.2, 0) is 11.2 Å². The number of carbonyl (C=O) groups is 1. The first-order chi connectivity index (χ1) is 10.1. The first kappa shape index (κ1) is 18.0. The van der Waals surface area contributed by atoms with Crippen molar-refractivity contribution in [2.45, 2.75) is 12.3 Å². The molecule has 0 saturated carbocycles. The fourth-order valence-electron chi connectivity index (χ4n) is 2.13. The molecule has 0 aliphatic carbocycles. The fourth-order valence-corrected chi connectivity index (χ4v) is 2.25. The van der Waals surface area contributed by atoms with Gasteiger partial charge in [-0.15, -0.1) is 12.4 Å². The summed E-state index contributed by atoms with van der Waals surface area (Å²) in [6.07, 6.45) is 0.529. The van der Waals surface area contributed by atoms with E-state index in [4.69, 9.17) is 22.7 Å². The number of amides is 1. The van der Waals surface area contributed by atoms with E-state index >= 15 is 0 Å². The monoisotopic (exact) mass is 337 g/mol. The lowest BCUT2D eigenvalue weighted by Crippen LogP contribution is -2.39. The van der Waals surface area contributed by atoms with Gasteiger partial charge in [0.2, 0.25) is 5.91 Å². The molecule has 6 heteroatoms. The minimum Gasteiger partial charge on any atom is -0.370 e. The van der Waals surface area contributed by atoms with E-state index in [9.17, 15) is 4.79 Å². The Morgan fingerprint density at radius 1 is 1.14 bits per heavy atom. The van der Waals surface area contributed by atoms with Gasteiger partial charge >= 0.3 is 0 Å². The van der Waals surface area contributed by atoms with Crippen LogP contribution in [0.2, 0.25) is 5.02 Å². The molecular weight excluding hydrogens is 321 g/mol. The first-order valence-electron chi connectivity index (χ1n) is 6.50. The molecule has 0 bridgehead atoms. The van der Waals surface area contributed by atoms with Gasteiger partial charge in [0, 0.05) is 5.02 Å². The molecule has 1 atom stereocenters. The molecule has 0 fully saturated rings. The van der Waals surface area contributed by atoms with E-state index in [0.29, 0.717) is 11.4 Å². The molecule has 4 N–H and O–H groups in total. The third kappa shape index (κ3) is 5.06. The molecule has 0 radical (unpaired) electrons. The van der Waals surface area contributed by atoms with Crippen LogP contribution >= 0.6 is 24.0 Å². The van der Waals surface area contributed by atoms with Crippen molar-refractivity contribution >= 4 is 35.9 Å². The van der Waals surface area contributed by atoms with Crippen molar-refractivity contribution in [1.29, 1.82) is 5.41 Å². The van der Waals surface area contributed by atoms with Crippen molar-refractivity contribution in [1.82, 2.24) is 5.32 Å². The van der Waals surface area contributed by atoms with Crippen molar-refractivity contribution in [3.05, 3.63) is 70.7 Å². The summed E-state index contributed by atoms with van der Waals surface area (Å²) in [6, 6.07) is 16.8. The summed E-state index contributed by atoms with van der Waals surface area (Å²) in [4.78, 5) is 12.3. The topological polar surface area (TPSA) is 79.0 Å². The molecule has 2 rings (SSSR count). The maximum absolute atomic E-state index is 12.3. The number of benzene rings is 2. The molecule has 0 heterocycles. The van der Waals surface area contributed by atoms with Crippen LogP contribution < -0.4 is 11.1 Å². The zero-order valence-corrected chi connectivity index (χ0v) is 13.3. The van der Waals surface area contributed by atoms with Crippen LogP contribution in [0.4, 0.5) is 0 Å². The molecule has 1 amide bonds. The third-order valence-corrected chi connectivity index (χ3v) is 3.38. The van der Waals surface area contributed by atoms with Crippen LogP contribution in [0, 0.1) is 5.41 Å². The Morgan fingerprint density at radius 2 is 1.73 bits per heavy atom. The lowest BCUT2D eigenvalue weighted by molar-refractivity contribution is -0.121. The molecular formula is C16H17Cl2N3O. The Kier molecular flexibility index (Phi) is 6.89. The number of nitrogens with two attached hydrogens (primary N) is 1. The normalized spacial score (nSPS) is 11.1. The van der Waals surface area contributed by atoms with E-state index in [2.05, 4.69) is 5.32 Å². The molecule has 22 heavy (non-hydrogen) atoms. The molecule has 0 saturated heterocycles. The number of guanidine groups is 1. The summed E-state index contributed by atoms with van der Waals surface area (Å²) < 4.78 is 0. The number of halogens is 2. The van der Waals surface area contributed by atoms with Crippen LogP contribution in [0.5, 0.6) is 0 Å². The SMILES string of the molecule is Cl.N=C(N)NC(=O)[C@H](Cc1ccccc1)c1ccc(Cl)cc1. The average molecular weight is 338 g/mol. The average Bonchev–Trinajstić information content (AvgIpc) is 2.46. The lowest BCUT2D eigenvalue weighted by atomic mass is 9.91. The second-order valence-electron chi connectivity index (χ2n) is 4.70. The number of nitrogens with one attached hydrogen (secondary N) is 2. The summed E-state index contributed by atoms with van der Waals surface area (Å²) >= 11 is 5.89. The quantitative estimate of drug-likeness (QED) is 0.592. The Labute approximate surface area is 140 Å². The lowest BCUT2D eigenvalue weighted by Gasteiger charge is -2.17. The van der Waals surface area contributed by atoms with Gasteiger partial charge in [0.05, 0.1) is 5.92 Å². The highest BCUT2D eigenvalue weighted by Gasteiger charge is 2.21. The second-order valence-corrected chi connectivity index (χ2v) is 5.13. The van der Waals surface area contributed by atoms with Crippen molar-refractivity contribution in [2.75, 3.05) is 0 Å². The van der Waals surface area contributed by atoms with Crippen molar-refractivity contribution in [3.8, 4) is 0 Å². The van der Waals surface area contributed by atoms with Gasteiger partial charge < -0.3 is 5.73 Å². The second kappa shape index (κ2) is 8.41. The van der Waals surface area contributed by atoms with Crippen molar-refractivity contribution in [3.63, 3.8) is 0 Å². The van der Waals surface area contributed by atoms with Gasteiger partial charge in [0.25, 0.3) is 0 Å². The van der Waals surface area contributed by atoms with Gasteiger partial charge in [-0.25, -0.2) is 0 Å². The van der Waals surface area contributed by atoms with Gasteiger partial charge in [-0.2, -0.15) is 0 Å². The Balaban J connectivity index is 0.00000242. The molecule has 2 aromatic carbocycles. The number of hydrogen-bond donors (Lipinski definition) is 3. The number of hydrogen-bond acceptors (Lipinski definition) is 2. The molecule has 4 nitrogen and oxygen atoms in total. The molecule has 2 aromatic rings. The maximum atomic E-state index is 12.3. The van der Waals surface area contributed by atoms with Crippen molar-refractivity contribution in [2.24, 2.45) is 5.73 Å². The minimum absolute atomic E-state index is 0. The zero-order chi connectivity index (χ0) is 15.2. The van der Waals surface area contributed by atoms with Crippen LogP contribution in [-0.4, -0.2) is 11.9 Å². The predicted octanol–water partition coefficient (Wildman–Crippen LogP) is 3.10. The summed E-state index contributed by atoms with van der Waals surface area (Å²) in [5, 5.41) is 10.2. The molecule has 0 unspecified atom stereocenters. The standard InChI is InChI=1S/C16H16ClN3O.ClH/c17-13-8-6-12(7-9-13)14(15(21)20-16(18)19)10-11-4-2-1-3-5-11;/h1-9,14H,10H2,(H4,18,19,20,21);1H/t14-;/m1./s1. The minimum atomic E-state index is -0.423. The highest BCUT2D eigenvalue weighted by molar-refractivity contribution is 6.30. The first-order valence-corrected chi connectivity index (χ1v) is 6.88. The highest BCUT2D eigenvalue weighted by atomic mass is 35.5. The highest BCUT2D eigenvalue weighted by Crippen LogP contribution is 2.23. The summed E-state index contributed by atoms with van der Waals surface area (Å²) in [7, 11) is 0. The summed E-state index contributed by atoms with van der Waals surface area (Å²) in [6.45, 7) is 0. The number of carbonyl (C=O) groups excluding carboxylic acids is 1. The zero-order valence-electron chi connectivity index (χ0n) is 11.8. The Morgan fingerprint density at radius 3 is 2.27 bits per heavy atom. The molecule has 0 spiro atoms. The van der Waals surface area contributed by atoms with Crippen LogP contribution in [0.1, 0.15) is 17.0 Å². The van der Waals surface area contributed by atoms with Crippen LogP contribution in [0.25, 0.3) is 0 Å². The van der Waals surface area contributed by atoms with Gasteiger partial charge in [0.15, 0.2) is 5.96 Å². The third-order valence-electron chi connectivity index (χ3n) is 3.13. The van der Waals surface area contributed by atoms with E-state index < -0.39 is 5.92 Å². The van der Waals surface area contributed by atoms with E-state index in [1.54, 1.807) is 12.1 Å². The Hall–Kier alpha value is -2.04. The van der Waals surface area contributed by atoms with E-state index in [1.165, 1.54) is 0 Å². The summed E-state index contributed by atoms with van der Waals surface area (Å²) in [5.41, 5.74) is 7.13. The molecule has 0 aliphatic heterocycles. The molecule has 0 aromatic heterocycles. The fraction of sp³-hybridized carbons (Fsp3) is 0.125. The largest absolute Gasteiger partial charge is 0.370 e. The van der Waals surface area contributed by atoms with Crippen LogP contribution in [0.3, 0.4) is 0 Å². The van der Waals surface area contributed by atoms with Gasteiger partial charge in [-0.3, -0.25) is 15.5 Å². The molecule has 0 aliphatic rings. The van der Waals surface area contributed by atoms with Gasteiger partial charge in [0.1, 0.15) is 0 Å². The van der Waals surface area contributed by atoms with E-state index in [-0.39, 0.29) is 24.3 Å². The number of rotatable bonds is 4. The van der Waals surface area contributed by atoms with Gasteiger partial charge in [-0.05, 0) is 29.7 Å².